The van der Waals surface area contributed by atoms with Gasteiger partial charge in [-0.3, -0.25) is 0 Å². The standard InChI is InChI=1S/C17H12N2O2/c1-8-18-14-6-12-10(4-16(14)20-8)3-11-5-17-15(7-13(11)12)19-9(2)21-17/h4-7H,3H2,1-2H3. The van der Waals surface area contributed by atoms with E-state index < -0.39 is 0 Å². The number of aryl methyl sites for hydroxylation is 2. The van der Waals surface area contributed by atoms with E-state index in [1.54, 1.807) is 0 Å². The smallest absolute Gasteiger partial charge is 0.192 e. The Hall–Kier alpha value is -2.62. The Morgan fingerprint density at radius 3 is 1.71 bits per heavy atom. The van der Waals surface area contributed by atoms with E-state index in [0.29, 0.717) is 11.8 Å². The largest absolute Gasteiger partial charge is 0.441 e. The third-order valence-corrected chi connectivity index (χ3v) is 4.11. The molecule has 0 spiro atoms. The summed E-state index contributed by atoms with van der Waals surface area (Å²) in [6.45, 7) is 3.75. The van der Waals surface area contributed by atoms with E-state index in [9.17, 15) is 0 Å². The number of rotatable bonds is 0. The summed E-state index contributed by atoms with van der Waals surface area (Å²) in [5.41, 5.74) is 8.55. The fourth-order valence-corrected chi connectivity index (χ4v) is 3.26. The van der Waals surface area contributed by atoms with Crippen LogP contribution in [0.25, 0.3) is 33.3 Å². The molecule has 0 N–H and O–H groups in total. The van der Waals surface area contributed by atoms with Gasteiger partial charge in [-0.25, -0.2) is 9.97 Å². The van der Waals surface area contributed by atoms with E-state index in [1.807, 2.05) is 13.8 Å². The molecule has 2 aromatic heterocycles. The summed E-state index contributed by atoms with van der Waals surface area (Å²) in [6.07, 6.45) is 0.899. The normalized spacial score (nSPS) is 13.0. The number of hydrogen-bond donors (Lipinski definition) is 0. The molecule has 0 atom stereocenters. The second-order valence-corrected chi connectivity index (χ2v) is 5.60. The molecule has 21 heavy (non-hydrogen) atoms. The van der Waals surface area contributed by atoms with Crippen LogP contribution in [0, 0.1) is 13.8 Å². The molecule has 1 aliphatic rings. The molecule has 4 aromatic rings. The Labute approximate surface area is 120 Å². The van der Waals surface area contributed by atoms with Gasteiger partial charge in [0.1, 0.15) is 11.0 Å². The highest BCUT2D eigenvalue weighted by Gasteiger charge is 2.22. The molecule has 4 heteroatoms. The van der Waals surface area contributed by atoms with Crippen molar-refractivity contribution >= 4 is 22.2 Å². The highest BCUT2D eigenvalue weighted by molar-refractivity contribution is 5.91. The van der Waals surface area contributed by atoms with Crippen molar-refractivity contribution in [3.8, 4) is 11.1 Å². The molecule has 0 fully saturated rings. The van der Waals surface area contributed by atoms with Gasteiger partial charge in [0.15, 0.2) is 22.9 Å². The van der Waals surface area contributed by atoms with Crippen LogP contribution in [0.1, 0.15) is 22.9 Å². The van der Waals surface area contributed by atoms with Crippen molar-refractivity contribution in [3.05, 3.63) is 47.2 Å². The van der Waals surface area contributed by atoms with Gasteiger partial charge >= 0.3 is 0 Å². The lowest BCUT2D eigenvalue weighted by atomic mass is 10.0. The first-order valence-corrected chi connectivity index (χ1v) is 6.98. The van der Waals surface area contributed by atoms with Gasteiger partial charge in [0.25, 0.3) is 0 Å². The fourth-order valence-electron chi connectivity index (χ4n) is 3.26. The lowest BCUT2D eigenvalue weighted by molar-refractivity contribution is 0.560. The second kappa shape index (κ2) is 3.52. The molecular formula is C17H12N2O2. The van der Waals surface area contributed by atoms with Crippen LogP contribution in [0.4, 0.5) is 0 Å². The maximum absolute atomic E-state index is 5.63. The monoisotopic (exact) mass is 276 g/mol. The van der Waals surface area contributed by atoms with Gasteiger partial charge in [0.2, 0.25) is 0 Å². The number of hydrogen-bond acceptors (Lipinski definition) is 4. The van der Waals surface area contributed by atoms with E-state index in [1.165, 1.54) is 22.3 Å². The van der Waals surface area contributed by atoms with E-state index >= 15 is 0 Å². The Morgan fingerprint density at radius 1 is 0.762 bits per heavy atom. The first-order valence-electron chi connectivity index (χ1n) is 6.98. The fraction of sp³-hybridized carbons (Fsp3) is 0.176. The van der Waals surface area contributed by atoms with Crippen LogP contribution in [-0.4, -0.2) is 9.97 Å². The SMILES string of the molecule is Cc1nc2cc3c(cc2o1)Cc1cc2oc(C)nc2cc1-3. The van der Waals surface area contributed by atoms with Crippen LogP contribution >= 0.6 is 0 Å². The van der Waals surface area contributed by atoms with E-state index in [0.717, 1.165) is 28.6 Å². The van der Waals surface area contributed by atoms with Crippen molar-refractivity contribution in [1.29, 1.82) is 0 Å². The van der Waals surface area contributed by atoms with Crippen molar-refractivity contribution in [2.45, 2.75) is 20.3 Å². The predicted octanol–water partition coefficient (Wildman–Crippen LogP) is 4.16. The van der Waals surface area contributed by atoms with Crippen LogP contribution in [0.5, 0.6) is 0 Å². The minimum atomic E-state index is 0.705. The maximum atomic E-state index is 5.63. The first-order chi connectivity index (χ1) is 10.2. The van der Waals surface area contributed by atoms with Crippen LogP contribution < -0.4 is 0 Å². The van der Waals surface area contributed by atoms with Gasteiger partial charge in [0.05, 0.1) is 0 Å². The minimum Gasteiger partial charge on any atom is -0.441 e. The van der Waals surface area contributed by atoms with Crippen molar-refractivity contribution in [1.82, 2.24) is 9.97 Å². The zero-order valence-corrected chi connectivity index (χ0v) is 11.7. The van der Waals surface area contributed by atoms with E-state index in [2.05, 4.69) is 34.2 Å². The summed E-state index contributed by atoms with van der Waals surface area (Å²) in [5, 5.41) is 0. The zero-order valence-electron chi connectivity index (χ0n) is 11.7. The summed E-state index contributed by atoms with van der Waals surface area (Å²) in [6, 6.07) is 8.44. The molecule has 0 amide bonds. The highest BCUT2D eigenvalue weighted by atomic mass is 16.3. The third-order valence-electron chi connectivity index (χ3n) is 4.11. The topological polar surface area (TPSA) is 52.1 Å². The average Bonchev–Trinajstić information content (AvgIpc) is 3.05. The Kier molecular flexibility index (Phi) is 1.86. The Morgan fingerprint density at radius 2 is 1.24 bits per heavy atom. The molecule has 1 aliphatic carbocycles. The Balaban J connectivity index is 1.82. The molecule has 0 saturated heterocycles. The van der Waals surface area contributed by atoms with Crippen LogP contribution in [0.2, 0.25) is 0 Å². The molecule has 4 nitrogen and oxygen atoms in total. The van der Waals surface area contributed by atoms with E-state index in [-0.39, 0.29) is 0 Å². The molecule has 0 saturated carbocycles. The maximum Gasteiger partial charge on any atom is 0.192 e. The average molecular weight is 276 g/mol. The predicted molar refractivity (Wildman–Crippen MR) is 79.3 cm³/mol. The number of aromatic nitrogens is 2. The molecule has 5 rings (SSSR count). The molecule has 0 radical (unpaired) electrons. The minimum absolute atomic E-state index is 0.705. The number of fused-ring (bicyclic) bond motifs is 5. The molecule has 2 heterocycles. The number of oxazole rings is 2. The Bertz CT molecular complexity index is 956. The van der Waals surface area contributed by atoms with Gasteiger partial charge in [-0.15, -0.1) is 0 Å². The van der Waals surface area contributed by atoms with Crippen LogP contribution in [-0.2, 0) is 6.42 Å². The van der Waals surface area contributed by atoms with Crippen molar-refractivity contribution in [2.24, 2.45) is 0 Å². The lowest BCUT2D eigenvalue weighted by Crippen LogP contribution is -1.79. The van der Waals surface area contributed by atoms with Gasteiger partial charge < -0.3 is 8.83 Å². The second-order valence-electron chi connectivity index (χ2n) is 5.60. The molecule has 0 aliphatic heterocycles. The lowest BCUT2D eigenvalue weighted by Gasteiger charge is -2.00. The number of nitrogens with zero attached hydrogens (tertiary/aromatic N) is 2. The summed E-state index contributed by atoms with van der Waals surface area (Å²) in [4.78, 5) is 8.86. The van der Waals surface area contributed by atoms with Crippen molar-refractivity contribution in [3.63, 3.8) is 0 Å². The van der Waals surface area contributed by atoms with Crippen LogP contribution in [0.15, 0.2) is 33.1 Å². The molecule has 2 aromatic carbocycles. The highest BCUT2D eigenvalue weighted by Crippen LogP contribution is 2.40. The summed E-state index contributed by atoms with van der Waals surface area (Å²) >= 11 is 0. The van der Waals surface area contributed by atoms with Gasteiger partial charge in [0, 0.05) is 13.8 Å². The van der Waals surface area contributed by atoms with Crippen LogP contribution in [0.3, 0.4) is 0 Å². The summed E-state index contributed by atoms with van der Waals surface area (Å²) in [7, 11) is 0. The van der Waals surface area contributed by atoms with Gasteiger partial charge in [-0.2, -0.15) is 0 Å². The van der Waals surface area contributed by atoms with Crippen molar-refractivity contribution < 1.29 is 8.83 Å². The molecule has 0 unspecified atom stereocenters. The first kappa shape index (κ1) is 11.1. The molecular weight excluding hydrogens is 264 g/mol. The van der Waals surface area contributed by atoms with Crippen molar-refractivity contribution in [2.75, 3.05) is 0 Å². The van der Waals surface area contributed by atoms with Gasteiger partial charge in [-0.05, 0) is 52.9 Å². The third kappa shape index (κ3) is 1.44. The molecule has 0 bridgehead atoms. The molecule has 102 valence electrons. The number of benzene rings is 2. The van der Waals surface area contributed by atoms with E-state index in [4.69, 9.17) is 8.83 Å². The van der Waals surface area contributed by atoms with Gasteiger partial charge in [-0.1, -0.05) is 0 Å². The summed E-state index contributed by atoms with van der Waals surface area (Å²) in [5.74, 6) is 1.41. The summed E-state index contributed by atoms with van der Waals surface area (Å²) < 4.78 is 11.3. The quantitative estimate of drug-likeness (QED) is 0.426. The zero-order chi connectivity index (χ0) is 14.1.